The number of likely N-dealkylation sites (tertiary alicyclic amines) is 1. The third-order valence-corrected chi connectivity index (χ3v) is 7.12. The summed E-state index contributed by atoms with van der Waals surface area (Å²) in [7, 11) is 1.64. The lowest BCUT2D eigenvalue weighted by Gasteiger charge is -2.31. The number of hydrogen-bond donors (Lipinski definition) is 1. The van der Waals surface area contributed by atoms with Crippen molar-refractivity contribution in [2.75, 3.05) is 26.7 Å². The van der Waals surface area contributed by atoms with Crippen LogP contribution in [0.2, 0.25) is 0 Å². The van der Waals surface area contributed by atoms with Gasteiger partial charge in [0.2, 0.25) is 17.6 Å². The third-order valence-electron chi connectivity index (χ3n) is 7.12. The van der Waals surface area contributed by atoms with E-state index in [2.05, 4.69) is 69.7 Å². The highest BCUT2D eigenvalue weighted by molar-refractivity contribution is 5.85. The molecule has 0 spiro atoms. The molecular formula is C30H34N4O3. The van der Waals surface area contributed by atoms with E-state index in [4.69, 9.17) is 9.26 Å². The van der Waals surface area contributed by atoms with Crippen molar-refractivity contribution in [1.82, 2.24) is 20.4 Å². The highest BCUT2D eigenvalue weighted by Gasteiger charge is 2.27. The number of benzene rings is 3. The molecule has 2 heterocycles. The smallest absolute Gasteiger partial charge is 0.241 e. The first-order chi connectivity index (χ1) is 18.1. The fraction of sp³-hybridized carbons (Fsp3) is 0.367. The van der Waals surface area contributed by atoms with Crippen LogP contribution in [-0.4, -0.2) is 47.7 Å². The number of nitrogens with one attached hydrogen (secondary N) is 1. The molecule has 3 aromatic carbocycles. The van der Waals surface area contributed by atoms with E-state index in [1.807, 2.05) is 24.3 Å². The Labute approximate surface area is 217 Å². The minimum absolute atomic E-state index is 0.0255. The third kappa shape index (κ3) is 6.17. The molecule has 4 aromatic rings. The molecule has 1 saturated heterocycles. The first-order valence-corrected chi connectivity index (χ1v) is 13.0. The van der Waals surface area contributed by atoms with E-state index in [0.717, 1.165) is 37.1 Å². The number of fused-ring (bicyclic) bond motifs is 1. The summed E-state index contributed by atoms with van der Waals surface area (Å²) >= 11 is 0. The maximum absolute atomic E-state index is 13.0. The first-order valence-electron chi connectivity index (χ1n) is 13.0. The lowest BCUT2D eigenvalue weighted by atomic mass is 9.94. The van der Waals surface area contributed by atoms with Crippen LogP contribution in [0.15, 0.2) is 71.3 Å². The van der Waals surface area contributed by atoms with Crippen molar-refractivity contribution < 1.29 is 14.1 Å². The van der Waals surface area contributed by atoms with Crippen LogP contribution in [0, 0.1) is 11.8 Å². The van der Waals surface area contributed by atoms with Crippen molar-refractivity contribution in [2.24, 2.45) is 11.8 Å². The Morgan fingerprint density at radius 1 is 1.14 bits per heavy atom. The van der Waals surface area contributed by atoms with Gasteiger partial charge in [0, 0.05) is 18.7 Å². The van der Waals surface area contributed by atoms with E-state index in [0.29, 0.717) is 37.3 Å². The quantitative estimate of drug-likeness (QED) is 0.346. The van der Waals surface area contributed by atoms with E-state index in [1.165, 1.54) is 16.3 Å². The van der Waals surface area contributed by atoms with Gasteiger partial charge >= 0.3 is 0 Å². The molecule has 1 amide bonds. The summed E-state index contributed by atoms with van der Waals surface area (Å²) in [6.45, 7) is 5.04. The number of methoxy groups -OCH3 is 1. The van der Waals surface area contributed by atoms with Crippen molar-refractivity contribution in [1.29, 1.82) is 0 Å². The summed E-state index contributed by atoms with van der Waals surface area (Å²) in [5.74, 6) is 2.37. The zero-order chi connectivity index (χ0) is 25.6. The monoisotopic (exact) mass is 498 g/mol. The van der Waals surface area contributed by atoms with Crippen LogP contribution in [0.25, 0.3) is 22.2 Å². The molecule has 1 N–H and O–H groups in total. The Morgan fingerprint density at radius 3 is 2.78 bits per heavy atom. The van der Waals surface area contributed by atoms with Gasteiger partial charge in [-0.3, -0.25) is 9.69 Å². The number of nitrogens with zero attached hydrogens (tertiary/aromatic N) is 3. The molecule has 1 aliphatic heterocycles. The lowest BCUT2D eigenvalue weighted by molar-refractivity contribution is -0.127. The van der Waals surface area contributed by atoms with E-state index < -0.39 is 0 Å². The minimum atomic E-state index is -0.0255. The van der Waals surface area contributed by atoms with Crippen LogP contribution in [0.1, 0.15) is 31.2 Å². The SMILES string of the molecule is COc1ccc(-c2noc(CN3CCCC(C(=O)NCC(C)Cc4cccc5ccccc45)C3)n2)cc1. The Morgan fingerprint density at radius 2 is 1.95 bits per heavy atom. The average Bonchev–Trinajstić information content (AvgIpc) is 3.40. The van der Waals surface area contributed by atoms with E-state index in [9.17, 15) is 4.79 Å². The molecule has 2 atom stereocenters. The Bertz CT molecular complexity index is 1330. The molecular weight excluding hydrogens is 464 g/mol. The van der Waals surface area contributed by atoms with Gasteiger partial charge in [-0.05, 0) is 72.3 Å². The van der Waals surface area contributed by atoms with Gasteiger partial charge in [0.15, 0.2) is 0 Å². The number of rotatable bonds is 9. The molecule has 0 radical (unpaired) electrons. The molecule has 1 aromatic heterocycles. The molecule has 5 rings (SSSR count). The molecule has 0 saturated carbocycles. The van der Waals surface area contributed by atoms with Crippen molar-refractivity contribution >= 4 is 16.7 Å². The molecule has 0 bridgehead atoms. The topological polar surface area (TPSA) is 80.5 Å². The summed E-state index contributed by atoms with van der Waals surface area (Å²) in [5, 5.41) is 9.90. The number of carbonyl (C=O) groups is 1. The number of carbonyl (C=O) groups excluding carboxylic acids is 1. The highest BCUT2D eigenvalue weighted by atomic mass is 16.5. The zero-order valence-electron chi connectivity index (χ0n) is 21.5. The lowest BCUT2D eigenvalue weighted by Crippen LogP contribution is -2.43. The van der Waals surface area contributed by atoms with Gasteiger partial charge in [0.05, 0.1) is 19.6 Å². The first kappa shape index (κ1) is 25.0. The number of piperidine rings is 1. The summed E-state index contributed by atoms with van der Waals surface area (Å²) in [4.78, 5) is 19.8. The number of aromatic nitrogens is 2. The predicted molar refractivity (Wildman–Crippen MR) is 144 cm³/mol. The summed E-state index contributed by atoms with van der Waals surface area (Å²) < 4.78 is 10.7. The Balaban J connectivity index is 1.12. The second-order valence-corrected chi connectivity index (χ2v) is 10.0. The van der Waals surface area contributed by atoms with Crippen molar-refractivity contribution in [3.8, 4) is 17.1 Å². The minimum Gasteiger partial charge on any atom is -0.497 e. The second-order valence-electron chi connectivity index (χ2n) is 10.0. The predicted octanol–water partition coefficient (Wildman–Crippen LogP) is 5.11. The van der Waals surface area contributed by atoms with Crippen LogP contribution in [0.4, 0.5) is 0 Å². The average molecular weight is 499 g/mol. The normalized spacial score (nSPS) is 17.0. The van der Waals surface area contributed by atoms with Crippen molar-refractivity contribution in [3.05, 3.63) is 78.2 Å². The van der Waals surface area contributed by atoms with Crippen molar-refractivity contribution in [3.63, 3.8) is 0 Å². The largest absolute Gasteiger partial charge is 0.497 e. The molecule has 192 valence electrons. The van der Waals surface area contributed by atoms with Gasteiger partial charge in [0.25, 0.3) is 0 Å². The molecule has 0 aliphatic carbocycles. The van der Waals surface area contributed by atoms with Crippen LogP contribution < -0.4 is 10.1 Å². The number of hydrogen-bond acceptors (Lipinski definition) is 6. The standard InChI is InChI=1S/C30H34N4O3/c1-21(17-24-9-5-8-22-7-3-4-11-27(22)24)18-31-30(35)25-10-6-16-34(19-25)20-28-32-29(33-37-28)23-12-14-26(36-2)15-13-23/h3-5,7-9,11-15,21,25H,6,10,16-20H2,1-2H3,(H,31,35). The van der Waals surface area contributed by atoms with Crippen LogP contribution in [0.3, 0.4) is 0 Å². The fourth-order valence-electron chi connectivity index (χ4n) is 5.12. The van der Waals surface area contributed by atoms with Gasteiger partial charge in [0.1, 0.15) is 5.75 Å². The van der Waals surface area contributed by atoms with Crippen LogP contribution >= 0.6 is 0 Å². The number of ether oxygens (including phenoxy) is 1. The molecule has 7 nitrogen and oxygen atoms in total. The van der Waals surface area contributed by atoms with Gasteiger partial charge < -0.3 is 14.6 Å². The Kier molecular flexibility index (Phi) is 7.80. The fourth-order valence-corrected chi connectivity index (χ4v) is 5.12. The van der Waals surface area contributed by atoms with Crippen molar-refractivity contribution in [2.45, 2.75) is 32.7 Å². The maximum atomic E-state index is 13.0. The molecule has 7 heteroatoms. The summed E-state index contributed by atoms with van der Waals surface area (Å²) in [6.07, 6.45) is 2.82. The second kappa shape index (κ2) is 11.6. The number of amides is 1. The van der Waals surface area contributed by atoms with E-state index in [1.54, 1.807) is 7.11 Å². The maximum Gasteiger partial charge on any atom is 0.241 e. The zero-order valence-corrected chi connectivity index (χ0v) is 21.5. The summed E-state index contributed by atoms with van der Waals surface area (Å²) in [6, 6.07) is 22.5. The van der Waals surface area contributed by atoms with E-state index in [-0.39, 0.29) is 11.8 Å². The molecule has 37 heavy (non-hydrogen) atoms. The Hall–Kier alpha value is -3.71. The van der Waals surface area contributed by atoms with Gasteiger partial charge in [-0.25, -0.2) is 0 Å². The molecule has 1 aliphatic rings. The van der Waals surface area contributed by atoms with Gasteiger partial charge in [-0.15, -0.1) is 0 Å². The summed E-state index contributed by atoms with van der Waals surface area (Å²) in [5.41, 5.74) is 2.21. The van der Waals surface area contributed by atoms with Crippen LogP contribution in [-0.2, 0) is 17.8 Å². The molecule has 1 fully saturated rings. The van der Waals surface area contributed by atoms with E-state index >= 15 is 0 Å². The van der Waals surface area contributed by atoms with Crippen LogP contribution in [0.5, 0.6) is 5.75 Å². The highest BCUT2D eigenvalue weighted by Crippen LogP contribution is 2.23. The van der Waals surface area contributed by atoms with Gasteiger partial charge in [-0.1, -0.05) is 54.5 Å². The molecule has 2 unspecified atom stereocenters. The van der Waals surface area contributed by atoms with Gasteiger partial charge in [-0.2, -0.15) is 4.98 Å².